The molecule has 18 heavy (non-hydrogen) atoms. The normalized spacial score (nSPS) is 11.9. The van der Waals surface area contributed by atoms with E-state index in [-0.39, 0.29) is 18.7 Å². The maximum absolute atomic E-state index is 12.0. The van der Waals surface area contributed by atoms with Crippen LogP contribution in [0.15, 0.2) is 24.3 Å². The van der Waals surface area contributed by atoms with Crippen LogP contribution in [-0.4, -0.2) is 36.6 Å². The van der Waals surface area contributed by atoms with Gasteiger partial charge in [0.25, 0.3) is 0 Å². The summed E-state index contributed by atoms with van der Waals surface area (Å²) in [5.41, 5.74) is 0.575. The minimum absolute atomic E-state index is 0.000231. The fourth-order valence-corrected chi connectivity index (χ4v) is 1.49. The zero-order valence-corrected chi connectivity index (χ0v) is 10.5. The molecule has 0 aliphatic heterocycles. The van der Waals surface area contributed by atoms with Crippen molar-refractivity contribution >= 4 is 11.8 Å². The van der Waals surface area contributed by atoms with Gasteiger partial charge in [0.15, 0.2) is 5.78 Å². The molecule has 0 spiro atoms. The third kappa shape index (κ3) is 4.18. The highest BCUT2D eigenvalue weighted by atomic mass is 16.5. The molecular weight excluding hydrogens is 234 g/mol. The Morgan fingerprint density at radius 3 is 2.44 bits per heavy atom. The highest BCUT2D eigenvalue weighted by Gasteiger charge is 2.14. The molecule has 1 atom stereocenters. The molecule has 5 heteroatoms. The van der Waals surface area contributed by atoms with Crippen molar-refractivity contribution in [2.75, 3.05) is 13.7 Å². The predicted molar refractivity (Wildman–Crippen MR) is 67.0 cm³/mol. The number of benzene rings is 1. The smallest absolute Gasteiger partial charge is 0.304 e. The van der Waals surface area contributed by atoms with E-state index in [1.807, 2.05) is 0 Å². The monoisotopic (exact) mass is 251 g/mol. The molecule has 1 aromatic carbocycles. The molecule has 0 amide bonds. The molecule has 5 nitrogen and oxygen atoms in total. The summed E-state index contributed by atoms with van der Waals surface area (Å²) in [7, 11) is 1.56. The zero-order chi connectivity index (χ0) is 13.5. The van der Waals surface area contributed by atoms with Gasteiger partial charge in [0, 0.05) is 12.1 Å². The first-order valence-corrected chi connectivity index (χ1v) is 5.68. The molecule has 0 heterocycles. The summed E-state index contributed by atoms with van der Waals surface area (Å²) in [5, 5.41) is 11.4. The van der Waals surface area contributed by atoms with Crippen molar-refractivity contribution in [1.82, 2.24) is 5.32 Å². The van der Waals surface area contributed by atoms with E-state index in [1.54, 1.807) is 38.3 Å². The Labute approximate surface area is 106 Å². The lowest BCUT2D eigenvalue weighted by Crippen LogP contribution is -2.35. The number of carboxylic acid groups (broad SMARTS) is 1. The minimum Gasteiger partial charge on any atom is -0.497 e. The van der Waals surface area contributed by atoms with Gasteiger partial charge in [-0.3, -0.25) is 9.59 Å². The zero-order valence-electron chi connectivity index (χ0n) is 10.5. The van der Waals surface area contributed by atoms with Crippen LogP contribution in [0.3, 0.4) is 0 Å². The number of hydrogen-bond acceptors (Lipinski definition) is 4. The Hall–Kier alpha value is -1.88. The van der Waals surface area contributed by atoms with Crippen LogP contribution >= 0.6 is 0 Å². The van der Waals surface area contributed by atoms with Gasteiger partial charge in [-0.2, -0.15) is 0 Å². The third-order valence-corrected chi connectivity index (χ3v) is 2.56. The molecule has 1 aromatic rings. The number of aliphatic carboxylic acids is 1. The summed E-state index contributed by atoms with van der Waals surface area (Å²) in [6, 6.07) is 6.42. The van der Waals surface area contributed by atoms with Crippen LogP contribution in [0.1, 0.15) is 23.7 Å². The maximum Gasteiger partial charge on any atom is 0.304 e. The summed E-state index contributed by atoms with van der Waals surface area (Å²) in [5.74, 6) is -0.257. The average molecular weight is 251 g/mol. The molecule has 1 unspecified atom stereocenters. The quantitative estimate of drug-likeness (QED) is 0.715. The van der Waals surface area contributed by atoms with Gasteiger partial charge >= 0.3 is 5.97 Å². The molecule has 0 bridgehead atoms. The van der Waals surface area contributed by atoms with Crippen LogP contribution in [0.25, 0.3) is 0 Å². The molecule has 2 N–H and O–H groups in total. The van der Waals surface area contributed by atoms with Crippen LogP contribution < -0.4 is 10.1 Å². The molecule has 0 aliphatic carbocycles. The van der Waals surface area contributed by atoms with E-state index >= 15 is 0 Å². The fourth-order valence-electron chi connectivity index (χ4n) is 1.49. The number of carboxylic acids is 1. The second kappa shape index (κ2) is 6.76. The van der Waals surface area contributed by atoms with Crippen molar-refractivity contribution < 1.29 is 19.4 Å². The predicted octanol–water partition coefficient (Wildman–Crippen LogP) is 1.33. The minimum atomic E-state index is -0.883. The SMILES string of the molecule is COc1ccc(C(=O)C(C)NCCC(=O)O)cc1. The van der Waals surface area contributed by atoms with Crippen molar-refractivity contribution in [2.24, 2.45) is 0 Å². The summed E-state index contributed by atoms with van der Waals surface area (Å²) in [4.78, 5) is 22.3. The van der Waals surface area contributed by atoms with E-state index in [0.717, 1.165) is 0 Å². The van der Waals surface area contributed by atoms with Gasteiger partial charge < -0.3 is 15.2 Å². The van der Waals surface area contributed by atoms with Gasteiger partial charge in [0.2, 0.25) is 0 Å². The molecule has 0 saturated heterocycles. The van der Waals surface area contributed by atoms with Crippen molar-refractivity contribution in [1.29, 1.82) is 0 Å². The molecule has 0 aromatic heterocycles. The standard InChI is InChI=1S/C13H17NO4/c1-9(14-8-7-12(15)16)13(17)10-3-5-11(18-2)6-4-10/h3-6,9,14H,7-8H2,1-2H3,(H,15,16). The number of ketones is 1. The highest BCUT2D eigenvalue weighted by molar-refractivity contribution is 5.99. The summed E-state index contributed by atoms with van der Waals surface area (Å²) >= 11 is 0. The Balaban J connectivity index is 2.54. The van der Waals surface area contributed by atoms with Crippen LogP contribution in [0.2, 0.25) is 0 Å². The Bertz CT molecular complexity index is 414. The van der Waals surface area contributed by atoms with Gasteiger partial charge in [-0.25, -0.2) is 0 Å². The van der Waals surface area contributed by atoms with Crippen LogP contribution in [-0.2, 0) is 4.79 Å². The van der Waals surface area contributed by atoms with Crippen LogP contribution in [0, 0.1) is 0 Å². The van der Waals surface area contributed by atoms with Crippen molar-refractivity contribution in [3.05, 3.63) is 29.8 Å². The number of Topliss-reactive ketones (excluding diaryl/α,β-unsaturated/α-hetero) is 1. The molecule has 0 saturated carbocycles. The number of rotatable bonds is 7. The fraction of sp³-hybridized carbons (Fsp3) is 0.385. The number of ether oxygens (including phenoxy) is 1. The molecule has 98 valence electrons. The van der Waals surface area contributed by atoms with Crippen LogP contribution in [0.5, 0.6) is 5.75 Å². The summed E-state index contributed by atoms with van der Waals surface area (Å²) in [6.07, 6.45) is 0.000231. The lowest BCUT2D eigenvalue weighted by atomic mass is 10.1. The van der Waals surface area contributed by atoms with Crippen molar-refractivity contribution in [3.8, 4) is 5.75 Å². The number of nitrogens with one attached hydrogen (secondary N) is 1. The second-order valence-corrected chi connectivity index (χ2v) is 3.91. The molecule has 0 radical (unpaired) electrons. The van der Waals surface area contributed by atoms with E-state index in [1.165, 1.54) is 0 Å². The number of carbonyl (C=O) groups is 2. The maximum atomic E-state index is 12.0. The topological polar surface area (TPSA) is 75.6 Å². The Morgan fingerprint density at radius 2 is 1.94 bits per heavy atom. The first-order chi connectivity index (χ1) is 8.54. The van der Waals surface area contributed by atoms with Gasteiger partial charge in [0.1, 0.15) is 5.75 Å². The van der Waals surface area contributed by atoms with E-state index in [0.29, 0.717) is 11.3 Å². The highest BCUT2D eigenvalue weighted by Crippen LogP contribution is 2.12. The molecule has 0 fully saturated rings. The number of carbonyl (C=O) groups excluding carboxylic acids is 1. The van der Waals surface area contributed by atoms with Crippen molar-refractivity contribution in [2.45, 2.75) is 19.4 Å². The van der Waals surface area contributed by atoms with E-state index in [2.05, 4.69) is 5.32 Å². The summed E-state index contributed by atoms with van der Waals surface area (Å²) < 4.78 is 5.01. The molecular formula is C13H17NO4. The lowest BCUT2D eigenvalue weighted by Gasteiger charge is -2.12. The average Bonchev–Trinajstić information content (AvgIpc) is 2.37. The number of methoxy groups -OCH3 is 1. The van der Waals surface area contributed by atoms with Gasteiger partial charge in [-0.05, 0) is 31.2 Å². The van der Waals surface area contributed by atoms with Crippen molar-refractivity contribution in [3.63, 3.8) is 0 Å². The van der Waals surface area contributed by atoms with Gasteiger partial charge in [0.05, 0.1) is 19.6 Å². The molecule has 1 rings (SSSR count). The van der Waals surface area contributed by atoms with E-state index in [9.17, 15) is 9.59 Å². The number of hydrogen-bond donors (Lipinski definition) is 2. The Morgan fingerprint density at radius 1 is 1.33 bits per heavy atom. The van der Waals surface area contributed by atoms with Gasteiger partial charge in [-0.15, -0.1) is 0 Å². The van der Waals surface area contributed by atoms with E-state index < -0.39 is 12.0 Å². The van der Waals surface area contributed by atoms with E-state index in [4.69, 9.17) is 9.84 Å². The first kappa shape index (κ1) is 14.2. The lowest BCUT2D eigenvalue weighted by molar-refractivity contribution is -0.136. The third-order valence-electron chi connectivity index (χ3n) is 2.56. The van der Waals surface area contributed by atoms with Gasteiger partial charge in [-0.1, -0.05) is 0 Å². The molecule has 0 aliphatic rings. The first-order valence-electron chi connectivity index (χ1n) is 5.68. The van der Waals surface area contributed by atoms with Crippen LogP contribution in [0.4, 0.5) is 0 Å². The summed E-state index contributed by atoms with van der Waals surface area (Å²) in [6.45, 7) is 1.99. The second-order valence-electron chi connectivity index (χ2n) is 3.91. The largest absolute Gasteiger partial charge is 0.497 e. The Kier molecular flexibility index (Phi) is 5.32.